The molecule has 0 bridgehead atoms. The van der Waals surface area contributed by atoms with E-state index in [0.717, 1.165) is 37.9 Å². The molecule has 1 amide bonds. The molecule has 45 heavy (non-hydrogen) atoms. The van der Waals surface area contributed by atoms with Gasteiger partial charge < -0.3 is 20.5 Å². The van der Waals surface area contributed by atoms with Crippen molar-refractivity contribution in [2.24, 2.45) is 0 Å². The van der Waals surface area contributed by atoms with Crippen LogP contribution in [0.4, 0.5) is 33.3 Å². The second-order valence-corrected chi connectivity index (χ2v) is 12.2. The number of benzene rings is 2. The second-order valence-electron chi connectivity index (χ2n) is 12.2. The van der Waals surface area contributed by atoms with Gasteiger partial charge in [-0.25, -0.2) is 8.78 Å². The number of nitrogens with one attached hydrogen (secondary N) is 3. The van der Waals surface area contributed by atoms with E-state index in [2.05, 4.69) is 20.5 Å². The van der Waals surface area contributed by atoms with Gasteiger partial charge in [0.25, 0.3) is 5.91 Å². The molecule has 1 aromatic heterocycles. The van der Waals surface area contributed by atoms with Crippen molar-refractivity contribution in [3.8, 4) is 11.1 Å². The number of rotatable bonds is 7. The Labute approximate surface area is 258 Å². The zero-order chi connectivity index (χ0) is 32.5. The van der Waals surface area contributed by atoms with E-state index in [0.29, 0.717) is 30.4 Å². The molecule has 2 heterocycles. The minimum Gasteiger partial charge on any atom is -0.367 e. The Bertz CT molecular complexity index is 1590. The van der Waals surface area contributed by atoms with Crippen LogP contribution in [0.2, 0.25) is 0 Å². The van der Waals surface area contributed by atoms with Gasteiger partial charge in [-0.2, -0.15) is 13.2 Å². The van der Waals surface area contributed by atoms with E-state index in [1.807, 2.05) is 25.8 Å². The van der Waals surface area contributed by atoms with Gasteiger partial charge >= 0.3 is 6.18 Å². The van der Waals surface area contributed by atoms with Crippen LogP contribution in [0.5, 0.6) is 0 Å². The highest BCUT2D eigenvalue weighted by atomic mass is 19.4. The Morgan fingerprint density at radius 1 is 0.978 bits per heavy atom. The van der Waals surface area contributed by atoms with E-state index < -0.39 is 40.4 Å². The standard InChI is InChI=1S/C33H38F5N5O2/c1-19-17-43(18-20(2)42(19)3)30-10-9-21(12-29(30)41-32(45)25-16-40-31(44)13-26(25)33(36,37)38)24-11-22(27(34)14-28(24)35)15-39-23-7-5-4-6-8-23/h9-14,16,19-20,23,39H,4-8,15,17-18H2,1-3H3,(H,40,44)(H,41,45)/t19-,20+. The average Bonchev–Trinajstić information content (AvgIpc) is 2.99. The number of hydrogen-bond donors (Lipinski definition) is 3. The summed E-state index contributed by atoms with van der Waals surface area (Å²) >= 11 is 0. The topological polar surface area (TPSA) is 80.5 Å². The smallest absolute Gasteiger partial charge is 0.367 e. The first-order chi connectivity index (χ1) is 21.3. The largest absolute Gasteiger partial charge is 0.417 e. The first kappa shape index (κ1) is 32.6. The van der Waals surface area contributed by atoms with E-state index >= 15 is 4.39 Å². The number of carbonyl (C=O) groups excluding carboxylic acids is 1. The summed E-state index contributed by atoms with van der Waals surface area (Å²) in [5.41, 5.74) is -1.73. The van der Waals surface area contributed by atoms with Crippen molar-refractivity contribution in [2.75, 3.05) is 30.4 Å². The molecule has 2 fully saturated rings. The molecular weight excluding hydrogens is 593 g/mol. The fraction of sp³-hybridized carbons (Fsp3) is 0.455. The van der Waals surface area contributed by atoms with Crippen molar-refractivity contribution in [3.05, 3.63) is 81.3 Å². The third kappa shape index (κ3) is 7.38. The molecule has 1 aliphatic carbocycles. The first-order valence-corrected chi connectivity index (χ1v) is 15.3. The van der Waals surface area contributed by atoms with Gasteiger partial charge in [-0.05, 0) is 57.5 Å². The van der Waals surface area contributed by atoms with Gasteiger partial charge in [-0.3, -0.25) is 14.5 Å². The van der Waals surface area contributed by atoms with Crippen molar-refractivity contribution in [3.63, 3.8) is 0 Å². The van der Waals surface area contributed by atoms with E-state index in [-0.39, 0.29) is 41.5 Å². The van der Waals surface area contributed by atoms with Crippen molar-refractivity contribution in [1.82, 2.24) is 15.2 Å². The number of amides is 1. The number of halogens is 5. The number of aromatic nitrogens is 1. The molecule has 1 aliphatic heterocycles. The predicted molar refractivity (Wildman–Crippen MR) is 164 cm³/mol. The maximum Gasteiger partial charge on any atom is 0.417 e. The Balaban J connectivity index is 1.53. The highest BCUT2D eigenvalue weighted by Gasteiger charge is 2.36. The highest BCUT2D eigenvalue weighted by molar-refractivity contribution is 6.07. The molecule has 2 atom stereocenters. The number of likely N-dealkylation sites (N-methyl/N-ethyl adjacent to an activating group) is 1. The van der Waals surface area contributed by atoms with E-state index in [9.17, 15) is 27.2 Å². The van der Waals surface area contributed by atoms with Crippen molar-refractivity contribution >= 4 is 17.3 Å². The number of pyridine rings is 1. The van der Waals surface area contributed by atoms with Gasteiger partial charge in [-0.15, -0.1) is 0 Å². The Kier molecular flexibility index (Phi) is 9.64. The number of carbonyl (C=O) groups is 1. The van der Waals surface area contributed by atoms with Crippen LogP contribution in [0.1, 0.15) is 67.4 Å². The summed E-state index contributed by atoms with van der Waals surface area (Å²) < 4.78 is 71.5. The average molecular weight is 632 g/mol. The molecular formula is C33H38F5N5O2. The molecule has 3 N–H and O–H groups in total. The SMILES string of the molecule is C[C@@H]1CN(c2ccc(-c3cc(CNC4CCCCC4)c(F)cc3F)cc2NC(=O)c2c[nH]c(=O)cc2C(F)(F)F)C[C@H](C)N1C. The predicted octanol–water partition coefficient (Wildman–Crippen LogP) is 6.54. The number of piperazine rings is 1. The van der Waals surface area contributed by atoms with Crippen LogP contribution >= 0.6 is 0 Å². The zero-order valence-corrected chi connectivity index (χ0v) is 25.5. The van der Waals surface area contributed by atoms with Crippen molar-refractivity contribution < 1.29 is 26.7 Å². The highest BCUT2D eigenvalue weighted by Crippen LogP contribution is 2.37. The lowest BCUT2D eigenvalue weighted by Crippen LogP contribution is -2.55. The van der Waals surface area contributed by atoms with E-state index in [1.54, 1.807) is 12.1 Å². The molecule has 12 heteroatoms. The lowest BCUT2D eigenvalue weighted by atomic mass is 9.95. The third-order valence-corrected chi connectivity index (χ3v) is 9.05. The normalized spacial score (nSPS) is 20.0. The number of hydrogen-bond acceptors (Lipinski definition) is 5. The van der Waals surface area contributed by atoms with Crippen molar-refractivity contribution in [1.29, 1.82) is 0 Å². The van der Waals surface area contributed by atoms with Gasteiger partial charge in [0, 0.05) is 67.2 Å². The van der Waals surface area contributed by atoms with Crippen LogP contribution in [0.3, 0.4) is 0 Å². The van der Waals surface area contributed by atoms with Gasteiger partial charge in [-0.1, -0.05) is 25.3 Å². The Hall–Kier alpha value is -3.77. The summed E-state index contributed by atoms with van der Waals surface area (Å²) in [5, 5.41) is 5.97. The minimum absolute atomic E-state index is 0.0963. The summed E-state index contributed by atoms with van der Waals surface area (Å²) in [6.45, 7) is 5.44. The number of aromatic amines is 1. The minimum atomic E-state index is -4.95. The summed E-state index contributed by atoms with van der Waals surface area (Å²) in [6, 6.07) is 7.97. The summed E-state index contributed by atoms with van der Waals surface area (Å²) in [6.07, 6.45) is 1.15. The lowest BCUT2D eigenvalue weighted by molar-refractivity contribution is -0.138. The number of anilines is 2. The molecule has 7 nitrogen and oxygen atoms in total. The van der Waals surface area contributed by atoms with Crippen LogP contribution in [-0.2, 0) is 12.7 Å². The monoisotopic (exact) mass is 631 g/mol. The lowest BCUT2D eigenvalue weighted by Gasteiger charge is -2.44. The Morgan fingerprint density at radius 3 is 2.33 bits per heavy atom. The maximum absolute atomic E-state index is 15.3. The summed E-state index contributed by atoms with van der Waals surface area (Å²) in [7, 11) is 2.01. The zero-order valence-electron chi connectivity index (χ0n) is 25.5. The van der Waals surface area contributed by atoms with E-state index in [1.165, 1.54) is 18.6 Å². The number of nitrogens with zero attached hydrogens (tertiary/aromatic N) is 2. The van der Waals surface area contributed by atoms with Crippen LogP contribution in [0.15, 0.2) is 47.4 Å². The van der Waals surface area contributed by atoms with Gasteiger partial charge in [0.1, 0.15) is 11.6 Å². The molecule has 5 rings (SSSR count). The first-order valence-electron chi connectivity index (χ1n) is 15.3. The molecule has 2 aromatic carbocycles. The van der Waals surface area contributed by atoms with Crippen LogP contribution in [0.25, 0.3) is 11.1 Å². The van der Waals surface area contributed by atoms with E-state index in [4.69, 9.17) is 0 Å². The van der Waals surface area contributed by atoms with Gasteiger partial charge in [0.15, 0.2) is 0 Å². The van der Waals surface area contributed by atoms with Gasteiger partial charge in [0.2, 0.25) is 5.56 Å². The fourth-order valence-electron chi connectivity index (χ4n) is 6.28. The molecule has 2 aliphatic rings. The molecule has 0 unspecified atom stereocenters. The van der Waals surface area contributed by atoms with Gasteiger partial charge in [0.05, 0.1) is 22.5 Å². The molecule has 0 spiro atoms. The molecule has 242 valence electrons. The van der Waals surface area contributed by atoms with Crippen LogP contribution < -0.4 is 21.1 Å². The number of H-pyrrole nitrogens is 1. The van der Waals surface area contributed by atoms with Crippen LogP contribution in [0, 0.1) is 11.6 Å². The Morgan fingerprint density at radius 2 is 1.67 bits per heavy atom. The molecule has 0 radical (unpaired) electrons. The number of alkyl halides is 3. The van der Waals surface area contributed by atoms with Crippen LogP contribution in [-0.4, -0.2) is 54.1 Å². The fourth-order valence-corrected chi connectivity index (χ4v) is 6.28. The maximum atomic E-state index is 15.3. The second kappa shape index (κ2) is 13.3. The molecule has 3 aromatic rings. The molecule has 1 saturated carbocycles. The van der Waals surface area contributed by atoms with Crippen molar-refractivity contribution in [2.45, 2.75) is 76.8 Å². The summed E-state index contributed by atoms with van der Waals surface area (Å²) in [5.74, 6) is -2.58. The quantitative estimate of drug-likeness (QED) is 0.258. The molecule has 1 saturated heterocycles. The third-order valence-electron chi connectivity index (χ3n) is 9.05. The summed E-state index contributed by atoms with van der Waals surface area (Å²) in [4.78, 5) is 31.4.